The van der Waals surface area contributed by atoms with E-state index >= 15 is 0 Å². The number of pyridine rings is 1. The average molecular weight is 497 g/mol. The van der Waals surface area contributed by atoms with E-state index in [0.717, 1.165) is 12.2 Å². The van der Waals surface area contributed by atoms with Crippen molar-refractivity contribution < 1.29 is 32.9 Å². The molecule has 0 saturated carbocycles. The molecule has 0 aliphatic heterocycles. The second kappa shape index (κ2) is 7.88. The molecule has 4 nitrogen and oxygen atoms in total. The van der Waals surface area contributed by atoms with Crippen molar-refractivity contribution in [2.75, 3.05) is 5.32 Å². The fraction of sp³-hybridized carbons (Fsp3) is 0. The second-order valence-corrected chi connectivity index (χ2v) is 6.02. The van der Waals surface area contributed by atoms with Gasteiger partial charge >= 0.3 is 137 Å². The van der Waals surface area contributed by atoms with Crippen LogP contribution in [-0.2, 0) is 24.1 Å². The summed E-state index contributed by atoms with van der Waals surface area (Å²) in [5.74, 6) is -1.15. The van der Waals surface area contributed by atoms with Gasteiger partial charge in [0.2, 0.25) is 0 Å². The van der Waals surface area contributed by atoms with Gasteiger partial charge in [-0.2, -0.15) is 0 Å². The van der Waals surface area contributed by atoms with Crippen LogP contribution in [0, 0.1) is 12.4 Å². The average Bonchev–Trinajstić information content (AvgIpc) is 2.55. The van der Waals surface area contributed by atoms with Crippen LogP contribution < -0.4 is 10.9 Å². The Hall–Kier alpha value is -2.46. The fourth-order valence-electron chi connectivity index (χ4n) is 1.82. The van der Waals surface area contributed by atoms with Crippen molar-refractivity contribution in [1.82, 2.24) is 4.57 Å². The summed E-state index contributed by atoms with van der Waals surface area (Å²) in [5.41, 5.74) is -0.301. The molecule has 0 aliphatic rings. The SMILES string of the molecule is [CH-]=C(/C=C\[C](F)=[W])C(=O)Nc1cccn(-c2ccc(F)cc2)c1=O. The molecule has 0 aliphatic carbocycles. The molecule has 1 aromatic carbocycles. The van der Waals surface area contributed by atoms with Gasteiger partial charge in [-0.25, -0.2) is 4.39 Å². The van der Waals surface area contributed by atoms with E-state index in [-0.39, 0.29) is 11.3 Å². The maximum atomic E-state index is 13.0. The van der Waals surface area contributed by atoms with Crippen molar-refractivity contribution in [3.05, 3.63) is 83.1 Å². The summed E-state index contributed by atoms with van der Waals surface area (Å²) in [6, 6.07) is 8.29. The van der Waals surface area contributed by atoms with Crippen molar-refractivity contribution in [1.29, 1.82) is 0 Å². The summed E-state index contributed by atoms with van der Waals surface area (Å²) < 4.78 is 26.5. The number of halogens is 2. The van der Waals surface area contributed by atoms with Crippen molar-refractivity contribution >= 4 is 15.7 Å². The number of nitrogens with one attached hydrogen (secondary N) is 1. The molecule has 1 heterocycles. The minimum atomic E-state index is -0.726. The van der Waals surface area contributed by atoms with Crippen molar-refractivity contribution in [2.24, 2.45) is 0 Å². The molecular weight excluding hydrogens is 486 g/mol. The predicted molar refractivity (Wildman–Crippen MR) is 83.7 cm³/mol. The number of nitrogens with zero attached hydrogens (tertiary/aromatic N) is 1. The van der Waals surface area contributed by atoms with Crippen molar-refractivity contribution in [3.8, 4) is 5.69 Å². The molecule has 122 valence electrons. The number of aromatic nitrogens is 1. The van der Waals surface area contributed by atoms with Crippen LogP contribution in [0.15, 0.2) is 65.1 Å². The molecule has 1 N–H and O–H groups in total. The molecule has 0 unspecified atom stereocenters. The first-order valence-corrected chi connectivity index (χ1v) is 8.14. The van der Waals surface area contributed by atoms with Gasteiger partial charge in [-0.15, -0.1) is 0 Å². The molecule has 1 aromatic heterocycles. The molecule has 0 radical (unpaired) electrons. The van der Waals surface area contributed by atoms with Gasteiger partial charge in [0.1, 0.15) is 5.82 Å². The van der Waals surface area contributed by atoms with Crippen LogP contribution in [0.1, 0.15) is 0 Å². The molecule has 24 heavy (non-hydrogen) atoms. The van der Waals surface area contributed by atoms with E-state index in [9.17, 15) is 18.4 Å². The monoisotopic (exact) mass is 497 g/mol. The van der Waals surface area contributed by atoms with Crippen LogP contribution in [0.2, 0.25) is 0 Å². The van der Waals surface area contributed by atoms with Gasteiger partial charge in [-0.05, 0) is 0 Å². The summed E-state index contributed by atoms with van der Waals surface area (Å²) in [6.45, 7) is 5.53. The van der Waals surface area contributed by atoms with E-state index in [1.165, 1.54) is 41.1 Å². The number of hydrogen-bond acceptors (Lipinski definition) is 2. The summed E-state index contributed by atoms with van der Waals surface area (Å²) in [7, 11) is 0. The quantitative estimate of drug-likeness (QED) is 0.393. The fourth-order valence-corrected chi connectivity index (χ4v) is 2.06. The molecule has 7 heteroatoms. The van der Waals surface area contributed by atoms with Crippen LogP contribution >= 0.6 is 0 Å². The molecule has 0 spiro atoms. The van der Waals surface area contributed by atoms with E-state index in [1.54, 1.807) is 6.07 Å². The topological polar surface area (TPSA) is 51.1 Å². The van der Waals surface area contributed by atoms with Gasteiger partial charge in [0, 0.05) is 0 Å². The Labute approximate surface area is 147 Å². The predicted octanol–water partition coefficient (Wildman–Crippen LogP) is 2.48. The van der Waals surface area contributed by atoms with E-state index in [2.05, 4.69) is 5.32 Å². The zero-order valence-electron chi connectivity index (χ0n) is 12.2. The molecule has 0 fully saturated rings. The summed E-state index contributed by atoms with van der Waals surface area (Å²) in [6.07, 6.45) is 3.69. The van der Waals surface area contributed by atoms with E-state index in [1.807, 2.05) is 0 Å². The number of anilines is 1. The Bertz CT molecular complexity index is 886. The minimum absolute atomic E-state index is 0.00486. The van der Waals surface area contributed by atoms with E-state index < -0.39 is 21.4 Å². The van der Waals surface area contributed by atoms with E-state index in [0.29, 0.717) is 25.0 Å². The maximum absolute atomic E-state index is 13.0. The summed E-state index contributed by atoms with van der Waals surface area (Å²) >= 11 is 0.611. The molecule has 2 aromatic rings. The number of allylic oxidation sites excluding steroid dienone is 1. The van der Waals surface area contributed by atoms with Crippen molar-refractivity contribution in [2.45, 2.75) is 0 Å². The van der Waals surface area contributed by atoms with Crippen LogP contribution in [0.5, 0.6) is 0 Å². The zero-order chi connectivity index (χ0) is 17.7. The Morgan fingerprint density at radius 2 is 1.88 bits per heavy atom. The molecule has 1 amide bonds. The standard InChI is InChI=1S/C17H11F2N2O2.W/c1-12(4-2-10-18)16(22)20-15-5-3-11-21(17(15)23)14-8-6-13(19)7-9-14;/h1-9,11H,(H,20,22);/q-1;/b4-2-;. The third-order valence-electron chi connectivity index (χ3n) is 2.96. The van der Waals surface area contributed by atoms with Crippen LogP contribution in [0.4, 0.5) is 14.5 Å². The first-order chi connectivity index (χ1) is 11.4. The Kier molecular flexibility index (Phi) is 5.87. The van der Waals surface area contributed by atoms with Crippen LogP contribution in [0.25, 0.3) is 5.69 Å². The number of amides is 1. The summed E-state index contributed by atoms with van der Waals surface area (Å²) in [5, 5.41) is 2.37. The van der Waals surface area contributed by atoms with Gasteiger partial charge in [-0.3, -0.25) is 0 Å². The molecular formula is C17H11F2N2O2W-. The number of benzene rings is 1. The number of carbonyl (C=O) groups excluding carboxylic acids is 1. The van der Waals surface area contributed by atoms with Gasteiger partial charge < -0.3 is 0 Å². The van der Waals surface area contributed by atoms with Gasteiger partial charge in [0.15, 0.2) is 0 Å². The first kappa shape index (κ1) is 17.9. The second-order valence-electron chi connectivity index (χ2n) is 4.62. The first-order valence-electron chi connectivity index (χ1n) is 6.67. The van der Waals surface area contributed by atoms with Crippen LogP contribution in [0.3, 0.4) is 0 Å². The Morgan fingerprint density at radius 3 is 2.50 bits per heavy atom. The Morgan fingerprint density at radius 1 is 1.21 bits per heavy atom. The van der Waals surface area contributed by atoms with Crippen LogP contribution in [-0.4, -0.2) is 14.6 Å². The van der Waals surface area contributed by atoms with Crippen molar-refractivity contribution in [3.63, 3.8) is 0 Å². The molecule has 0 atom stereocenters. The molecule has 0 saturated heterocycles. The van der Waals surface area contributed by atoms with E-state index in [4.69, 9.17) is 6.58 Å². The third-order valence-corrected chi connectivity index (χ3v) is 3.45. The summed E-state index contributed by atoms with van der Waals surface area (Å²) in [4.78, 5) is 24.3. The van der Waals surface area contributed by atoms with Gasteiger partial charge in [0.05, 0.1) is 0 Å². The molecule has 0 bridgehead atoms. The van der Waals surface area contributed by atoms with Gasteiger partial charge in [-0.1, -0.05) is 0 Å². The number of rotatable bonds is 5. The zero-order valence-corrected chi connectivity index (χ0v) is 15.1. The number of hydrogen-bond donors (Lipinski definition) is 1. The Balaban J connectivity index is 2.26. The molecule has 2 rings (SSSR count). The third kappa shape index (κ3) is 4.52. The number of carbonyl (C=O) groups is 1. The normalized spacial score (nSPS) is 10.6. The van der Waals surface area contributed by atoms with Gasteiger partial charge in [0.25, 0.3) is 0 Å².